The van der Waals surface area contributed by atoms with Gasteiger partial charge in [-0.05, 0) is 38.1 Å². The number of benzene rings is 1. The van der Waals surface area contributed by atoms with Crippen molar-refractivity contribution in [2.75, 3.05) is 36.4 Å². The molecule has 0 atom stereocenters. The van der Waals surface area contributed by atoms with Gasteiger partial charge in [0.15, 0.2) is 0 Å². The van der Waals surface area contributed by atoms with Crippen molar-refractivity contribution in [1.82, 2.24) is 24.6 Å². The summed E-state index contributed by atoms with van der Waals surface area (Å²) in [5, 5.41) is 7.58. The topological polar surface area (TPSA) is 79.2 Å². The van der Waals surface area contributed by atoms with Gasteiger partial charge in [-0.2, -0.15) is 5.10 Å². The molecule has 1 aliphatic heterocycles. The number of carbonyl (C=O) groups excluding carboxylic acids is 1. The van der Waals surface area contributed by atoms with Gasteiger partial charge >= 0.3 is 6.03 Å². The van der Waals surface area contributed by atoms with Crippen LogP contribution in [0.3, 0.4) is 0 Å². The average Bonchev–Trinajstić information content (AvgIpc) is 3.07. The molecule has 144 valence electrons. The van der Waals surface area contributed by atoms with Crippen LogP contribution in [-0.4, -0.2) is 56.9 Å². The molecule has 8 nitrogen and oxygen atoms in total. The Morgan fingerprint density at radius 3 is 2.39 bits per heavy atom. The van der Waals surface area contributed by atoms with Gasteiger partial charge in [-0.25, -0.2) is 19.4 Å². The standard InChI is InChI=1S/C20H23N7O/c1-15-14-16(2)27(24-15)18-7-4-3-6-17(18)23-20(28)26-12-10-25(11-13-26)19-21-8-5-9-22-19/h3-9,14H,10-13H2,1-2H3,(H,23,28). The zero-order valence-corrected chi connectivity index (χ0v) is 16.0. The number of anilines is 2. The zero-order valence-electron chi connectivity index (χ0n) is 16.0. The maximum absolute atomic E-state index is 12.8. The molecule has 1 fully saturated rings. The minimum absolute atomic E-state index is 0.109. The number of amides is 2. The number of hydrogen-bond donors (Lipinski definition) is 1. The minimum Gasteiger partial charge on any atom is -0.337 e. The molecule has 1 aliphatic rings. The van der Waals surface area contributed by atoms with Gasteiger partial charge in [0.05, 0.1) is 17.1 Å². The molecule has 4 rings (SSSR count). The number of nitrogens with zero attached hydrogens (tertiary/aromatic N) is 6. The predicted octanol–water partition coefficient (Wildman–Crippen LogP) is 2.63. The molecule has 0 aliphatic carbocycles. The first-order chi connectivity index (χ1) is 13.6. The van der Waals surface area contributed by atoms with Crippen LogP contribution in [0.25, 0.3) is 5.69 Å². The predicted molar refractivity (Wildman–Crippen MR) is 108 cm³/mol. The number of para-hydroxylation sites is 2. The molecule has 0 spiro atoms. The third-order valence-corrected chi connectivity index (χ3v) is 4.79. The van der Waals surface area contributed by atoms with Gasteiger partial charge in [0, 0.05) is 44.3 Å². The highest BCUT2D eigenvalue weighted by Crippen LogP contribution is 2.22. The van der Waals surface area contributed by atoms with Crippen LogP contribution in [0.2, 0.25) is 0 Å². The lowest BCUT2D eigenvalue weighted by Gasteiger charge is -2.34. The Kier molecular flexibility index (Phi) is 4.92. The molecule has 2 aromatic heterocycles. The molecular formula is C20H23N7O. The molecule has 3 heterocycles. The number of nitrogens with one attached hydrogen (secondary N) is 1. The SMILES string of the molecule is Cc1cc(C)n(-c2ccccc2NC(=O)N2CCN(c3ncccn3)CC2)n1. The van der Waals surface area contributed by atoms with E-state index in [0.717, 1.165) is 22.8 Å². The van der Waals surface area contributed by atoms with E-state index >= 15 is 0 Å². The van der Waals surface area contributed by atoms with Gasteiger partial charge in [0.25, 0.3) is 0 Å². The van der Waals surface area contributed by atoms with Crippen molar-refractivity contribution in [1.29, 1.82) is 0 Å². The number of piperazine rings is 1. The molecule has 1 aromatic carbocycles. The lowest BCUT2D eigenvalue weighted by Crippen LogP contribution is -2.50. The summed E-state index contributed by atoms with van der Waals surface area (Å²) in [7, 11) is 0. The Labute approximate surface area is 163 Å². The first-order valence-electron chi connectivity index (χ1n) is 9.32. The minimum atomic E-state index is -0.109. The molecular weight excluding hydrogens is 354 g/mol. The van der Waals surface area contributed by atoms with Crippen molar-refractivity contribution >= 4 is 17.7 Å². The summed E-state index contributed by atoms with van der Waals surface area (Å²) in [5.41, 5.74) is 3.57. The summed E-state index contributed by atoms with van der Waals surface area (Å²) < 4.78 is 1.86. The van der Waals surface area contributed by atoms with Crippen molar-refractivity contribution in [3.05, 3.63) is 60.2 Å². The van der Waals surface area contributed by atoms with Crippen molar-refractivity contribution in [2.24, 2.45) is 0 Å². The van der Waals surface area contributed by atoms with Crippen LogP contribution in [0.1, 0.15) is 11.4 Å². The van der Waals surface area contributed by atoms with Crippen LogP contribution < -0.4 is 10.2 Å². The second-order valence-corrected chi connectivity index (χ2v) is 6.81. The fourth-order valence-corrected chi connectivity index (χ4v) is 3.40. The number of aryl methyl sites for hydroxylation is 2. The van der Waals surface area contributed by atoms with E-state index in [2.05, 4.69) is 25.3 Å². The first kappa shape index (κ1) is 18.0. The Morgan fingerprint density at radius 1 is 1.00 bits per heavy atom. The Morgan fingerprint density at radius 2 is 1.71 bits per heavy atom. The molecule has 8 heteroatoms. The normalized spacial score (nSPS) is 14.2. The lowest BCUT2D eigenvalue weighted by molar-refractivity contribution is 0.208. The van der Waals surface area contributed by atoms with Gasteiger partial charge in [-0.15, -0.1) is 0 Å². The molecule has 28 heavy (non-hydrogen) atoms. The highest BCUT2D eigenvalue weighted by atomic mass is 16.2. The van der Waals surface area contributed by atoms with Gasteiger partial charge < -0.3 is 15.1 Å². The van der Waals surface area contributed by atoms with E-state index in [1.165, 1.54) is 0 Å². The maximum atomic E-state index is 12.8. The number of hydrogen-bond acceptors (Lipinski definition) is 5. The first-order valence-corrected chi connectivity index (χ1v) is 9.32. The van der Waals surface area contributed by atoms with E-state index in [0.29, 0.717) is 32.1 Å². The summed E-state index contributed by atoms with van der Waals surface area (Å²) in [4.78, 5) is 25.3. The van der Waals surface area contributed by atoms with E-state index in [1.807, 2.05) is 53.8 Å². The van der Waals surface area contributed by atoms with Gasteiger partial charge in [0.1, 0.15) is 0 Å². The number of urea groups is 1. The zero-order chi connectivity index (χ0) is 19.5. The van der Waals surface area contributed by atoms with E-state index < -0.39 is 0 Å². The van der Waals surface area contributed by atoms with Crippen LogP contribution in [0, 0.1) is 13.8 Å². The van der Waals surface area contributed by atoms with Crippen LogP contribution in [-0.2, 0) is 0 Å². The maximum Gasteiger partial charge on any atom is 0.322 e. The van der Waals surface area contributed by atoms with Crippen molar-refractivity contribution in [2.45, 2.75) is 13.8 Å². The Hall–Kier alpha value is -3.42. The summed E-state index contributed by atoms with van der Waals surface area (Å²) in [6, 6.07) is 11.4. The van der Waals surface area contributed by atoms with E-state index in [4.69, 9.17) is 0 Å². The van der Waals surface area contributed by atoms with Gasteiger partial charge in [-0.1, -0.05) is 12.1 Å². The van der Waals surface area contributed by atoms with E-state index in [9.17, 15) is 4.79 Å². The third kappa shape index (κ3) is 3.66. The van der Waals surface area contributed by atoms with Crippen LogP contribution >= 0.6 is 0 Å². The van der Waals surface area contributed by atoms with Crippen molar-refractivity contribution in [3.63, 3.8) is 0 Å². The van der Waals surface area contributed by atoms with Crippen LogP contribution in [0.15, 0.2) is 48.8 Å². The molecule has 1 saturated heterocycles. The number of rotatable bonds is 3. The average molecular weight is 377 g/mol. The van der Waals surface area contributed by atoms with Crippen molar-refractivity contribution in [3.8, 4) is 5.69 Å². The highest BCUT2D eigenvalue weighted by Gasteiger charge is 2.23. The number of aromatic nitrogens is 4. The lowest BCUT2D eigenvalue weighted by atomic mass is 10.2. The molecule has 3 aromatic rings. The third-order valence-electron chi connectivity index (χ3n) is 4.79. The smallest absolute Gasteiger partial charge is 0.322 e. The van der Waals surface area contributed by atoms with E-state index in [-0.39, 0.29) is 6.03 Å². The van der Waals surface area contributed by atoms with Crippen molar-refractivity contribution < 1.29 is 4.79 Å². The second-order valence-electron chi connectivity index (χ2n) is 6.81. The second kappa shape index (κ2) is 7.67. The summed E-state index contributed by atoms with van der Waals surface area (Å²) in [5.74, 6) is 0.706. The fourth-order valence-electron chi connectivity index (χ4n) is 3.40. The Bertz CT molecular complexity index is 962. The highest BCUT2D eigenvalue weighted by molar-refractivity contribution is 5.91. The molecule has 2 amide bonds. The Balaban J connectivity index is 1.45. The van der Waals surface area contributed by atoms with E-state index in [1.54, 1.807) is 18.5 Å². The molecule has 0 radical (unpaired) electrons. The summed E-state index contributed by atoms with van der Waals surface area (Å²) >= 11 is 0. The van der Waals surface area contributed by atoms with Crippen LogP contribution in [0.5, 0.6) is 0 Å². The quantitative estimate of drug-likeness (QED) is 0.759. The number of carbonyl (C=O) groups is 1. The molecule has 0 bridgehead atoms. The molecule has 0 saturated carbocycles. The fraction of sp³-hybridized carbons (Fsp3) is 0.300. The monoisotopic (exact) mass is 377 g/mol. The van der Waals surface area contributed by atoms with Gasteiger partial charge in [0.2, 0.25) is 5.95 Å². The largest absolute Gasteiger partial charge is 0.337 e. The molecule has 0 unspecified atom stereocenters. The summed E-state index contributed by atoms with van der Waals surface area (Å²) in [6.07, 6.45) is 3.47. The molecule has 1 N–H and O–H groups in total. The van der Waals surface area contributed by atoms with Crippen LogP contribution in [0.4, 0.5) is 16.4 Å². The van der Waals surface area contributed by atoms with Gasteiger partial charge in [-0.3, -0.25) is 0 Å². The summed E-state index contributed by atoms with van der Waals surface area (Å²) in [6.45, 7) is 6.61.